The summed E-state index contributed by atoms with van der Waals surface area (Å²) < 4.78 is 47.3. The minimum atomic E-state index is -4.46. The SMILES string of the molecule is CC1=CNC(N)(c2cccc(OCC(F)(F)F)c2)NC1(N)c1ccc2oc(=O)[nH]c2c1. The van der Waals surface area contributed by atoms with E-state index in [1.54, 1.807) is 37.4 Å². The second-order valence-electron chi connectivity index (χ2n) is 7.37. The maximum atomic E-state index is 12.5. The number of halogens is 3. The Balaban J connectivity index is 1.68. The van der Waals surface area contributed by atoms with Crippen LogP contribution in [0.3, 0.4) is 0 Å². The van der Waals surface area contributed by atoms with Gasteiger partial charge in [-0.2, -0.15) is 13.2 Å². The monoisotopic (exact) mass is 435 g/mol. The molecule has 2 atom stereocenters. The predicted molar refractivity (Wildman–Crippen MR) is 107 cm³/mol. The second-order valence-corrected chi connectivity index (χ2v) is 7.37. The van der Waals surface area contributed by atoms with Crippen LogP contribution in [-0.4, -0.2) is 17.8 Å². The van der Waals surface area contributed by atoms with Crippen molar-refractivity contribution in [3.05, 3.63) is 75.9 Å². The van der Waals surface area contributed by atoms with Gasteiger partial charge in [0.05, 0.1) is 5.52 Å². The highest BCUT2D eigenvalue weighted by Gasteiger charge is 2.42. The highest BCUT2D eigenvalue weighted by Crippen LogP contribution is 2.33. The van der Waals surface area contributed by atoms with Crippen LogP contribution in [-0.2, 0) is 11.4 Å². The molecule has 1 aliphatic heterocycles. The van der Waals surface area contributed by atoms with Crippen LogP contribution in [0.4, 0.5) is 13.2 Å². The molecule has 0 saturated heterocycles. The van der Waals surface area contributed by atoms with Gasteiger partial charge >= 0.3 is 11.9 Å². The van der Waals surface area contributed by atoms with Crippen LogP contribution in [0.2, 0.25) is 0 Å². The zero-order valence-corrected chi connectivity index (χ0v) is 16.3. The number of fused-ring (bicyclic) bond motifs is 1. The normalized spacial score (nSPS) is 24.0. The molecule has 0 saturated carbocycles. The molecule has 0 radical (unpaired) electrons. The topological polar surface area (TPSA) is 131 Å². The summed E-state index contributed by atoms with van der Waals surface area (Å²) in [5.74, 6) is -2.01. The van der Waals surface area contributed by atoms with Crippen molar-refractivity contribution in [2.24, 2.45) is 11.5 Å². The Kier molecular flexibility index (Phi) is 4.84. The fourth-order valence-electron chi connectivity index (χ4n) is 3.43. The number of alkyl halides is 3. The van der Waals surface area contributed by atoms with E-state index in [4.69, 9.17) is 20.6 Å². The van der Waals surface area contributed by atoms with Crippen LogP contribution in [0, 0.1) is 0 Å². The fourth-order valence-corrected chi connectivity index (χ4v) is 3.43. The van der Waals surface area contributed by atoms with Gasteiger partial charge in [0.2, 0.25) is 0 Å². The predicted octanol–water partition coefficient (Wildman–Crippen LogP) is 2.04. The molecule has 0 amide bonds. The van der Waals surface area contributed by atoms with Crippen LogP contribution in [0.15, 0.2) is 63.4 Å². The lowest BCUT2D eigenvalue weighted by molar-refractivity contribution is -0.153. The summed E-state index contributed by atoms with van der Waals surface area (Å²) in [5.41, 5.74) is 14.5. The Hall–Kier alpha value is -3.28. The van der Waals surface area contributed by atoms with Gasteiger partial charge in [-0.1, -0.05) is 18.2 Å². The van der Waals surface area contributed by atoms with Crippen molar-refractivity contribution < 1.29 is 22.3 Å². The average Bonchev–Trinajstić information content (AvgIpc) is 3.08. The van der Waals surface area contributed by atoms with Gasteiger partial charge in [0.1, 0.15) is 11.4 Å². The molecule has 0 fully saturated rings. The summed E-state index contributed by atoms with van der Waals surface area (Å²) in [7, 11) is 0. The molecule has 4 rings (SSSR count). The zero-order valence-electron chi connectivity index (χ0n) is 16.3. The van der Waals surface area contributed by atoms with Gasteiger partial charge in [0.15, 0.2) is 18.0 Å². The molecule has 2 heterocycles. The first-order valence-electron chi connectivity index (χ1n) is 9.24. The molecule has 164 valence electrons. The molecule has 31 heavy (non-hydrogen) atoms. The van der Waals surface area contributed by atoms with Crippen molar-refractivity contribution in [3.8, 4) is 5.75 Å². The zero-order chi connectivity index (χ0) is 22.4. The summed E-state index contributed by atoms with van der Waals surface area (Å²) in [6, 6.07) is 10.9. The van der Waals surface area contributed by atoms with Crippen LogP contribution >= 0.6 is 0 Å². The van der Waals surface area contributed by atoms with Crippen molar-refractivity contribution >= 4 is 11.1 Å². The molecule has 1 aromatic heterocycles. The first kappa shape index (κ1) is 21.0. The van der Waals surface area contributed by atoms with Crippen molar-refractivity contribution in [2.75, 3.05) is 6.61 Å². The highest BCUT2D eigenvalue weighted by atomic mass is 19.4. The van der Waals surface area contributed by atoms with Crippen molar-refractivity contribution in [1.29, 1.82) is 0 Å². The Labute approximate surface area is 174 Å². The van der Waals surface area contributed by atoms with Crippen molar-refractivity contribution in [3.63, 3.8) is 0 Å². The third-order valence-electron chi connectivity index (χ3n) is 5.10. The van der Waals surface area contributed by atoms with Crippen LogP contribution in [0.25, 0.3) is 11.1 Å². The number of hydrogen-bond acceptors (Lipinski definition) is 7. The Morgan fingerprint density at radius 2 is 1.90 bits per heavy atom. The van der Waals surface area contributed by atoms with E-state index in [0.29, 0.717) is 27.8 Å². The second kappa shape index (κ2) is 7.15. The number of hydrogen-bond donors (Lipinski definition) is 5. The van der Waals surface area contributed by atoms with Gasteiger partial charge < -0.3 is 20.2 Å². The number of aromatic nitrogens is 1. The van der Waals surface area contributed by atoms with E-state index in [0.717, 1.165) is 0 Å². The van der Waals surface area contributed by atoms with Crippen LogP contribution in [0.5, 0.6) is 5.75 Å². The molecule has 7 N–H and O–H groups in total. The Morgan fingerprint density at radius 3 is 2.65 bits per heavy atom. The lowest BCUT2D eigenvalue weighted by Gasteiger charge is -2.46. The third kappa shape index (κ3) is 4.02. The molecular weight excluding hydrogens is 415 g/mol. The molecule has 0 bridgehead atoms. The third-order valence-corrected chi connectivity index (χ3v) is 5.10. The maximum Gasteiger partial charge on any atom is 0.422 e. The summed E-state index contributed by atoms with van der Waals surface area (Å²) in [6.45, 7) is 0.363. The number of aromatic amines is 1. The van der Waals surface area contributed by atoms with Gasteiger partial charge in [-0.25, -0.2) is 4.79 Å². The molecular formula is C20H20F3N5O3. The van der Waals surface area contributed by atoms with E-state index in [-0.39, 0.29) is 5.75 Å². The number of benzene rings is 2. The van der Waals surface area contributed by atoms with Gasteiger partial charge in [-0.15, -0.1) is 0 Å². The van der Waals surface area contributed by atoms with Gasteiger partial charge in [-0.3, -0.25) is 16.0 Å². The summed E-state index contributed by atoms with van der Waals surface area (Å²) in [6.07, 6.45) is -2.83. The minimum absolute atomic E-state index is 0.00883. The van der Waals surface area contributed by atoms with Gasteiger partial charge in [0, 0.05) is 11.8 Å². The quantitative estimate of drug-likeness (QED) is 0.424. The number of nitrogens with two attached hydrogens (primary N) is 2. The molecule has 0 spiro atoms. The van der Waals surface area contributed by atoms with Crippen LogP contribution < -0.4 is 32.6 Å². The molecule has 0 aliphatic carbocycles. The molecule has 11 heteroatoms. The number of rotatable bonds is 4. The van der Waals surface area contributed by atoms with E-state index in [1.807, 2.05) is 0 Å². The van der Waals surface area contributed by atoms with E-state index >= 15 is 0 Å². The first-order chi connectivity index (χ1) is 14.5. The molecule has 2 aromatic carbocycles. The molecule has 3 aromatic rings. The molecule has 2 unspecified atom stereocenters. The standard InChI is InChI=1S/C20H20F3N5O3/c1-11-9-26-20(25,13-3-2-4-14(7-13)30-10-18(21,22)23)28-19(11,24)12-5-6-16-15(8-12)27-17(29)31-16/h2-9,26,28H,10,24-25H2,1H3,(H,27,29). The molecule has 8 nitrogen and oxygen atoms in total. The first-order valence-corrected chi connectivity index (χ1v) is 9.24. The summed E-state index contributed by atoms with van der Waals surface area (Å²) in [5, 5.41) is 6.13. The fraction of sp³-hybridized carbons (Fsp3) is 0.250. The number of H-pyrrole nitrogens is 1. The van der Waals surface area contributed by atoms with E-state index in [1.165, 1.54) is 18.2 Å². The van der Waals surface area contributed by atoms with Gasteiger partial charge in [0.25, 0.3) is 0 Å². The number of nitrogens with one attached hydrogen (secondary N) is 3. The van der Waals surface area contributed by atoms with Crippen molar-refractivity contribution in [2.45, 2.75) is 24.5 Å². The smallest absolute Gasteiger partial charge is 0.422 e. The van der Waals surface area contributed by atoms with E-state index in [9.17, 15) is 18.0 Å². The summed E-state index contributed by atoms with van der Waals surface area (Å²) >= 11 is 0. The van der Waals surface area contributed by atoms with Gasteiger partial charge in [-0.05, 0) is 42.3 Å². The van der Waals surface area contributed by atoms with E-state index < -0.39 is 30.0 Å². The highest BCUT2D eigenvalue weighted by molar-refractivity contribution is 5.73. The number of oxazole rings is 1. The minimum Gasteiger partial charge on any atom is -0.484 e. The Morgan fingerprint density at radius 1 is 1.13 bits per heavy atom. The van der Waals surface area contributed by atoms with Crippen molar-refractivity contribution in [1.82, 2.24) is 15.6 Å². The summed E-state index contributed by atoms with van der Waals surface area (Å²) in [4.78, 5) is 14.0. The van der Waals surface area contributed by atoms with E-state index in [2.05, 4.69) is 15.6 Å². The lowest BCUT2D eigenvalue weighted by Crippen LogP contribution is -2.71. The Bertz CT molecular complexity index is 1220. The number of ether oxygens (including phenoxy) is 1. The average molecular weight is 435 g/mol. The largest absolute Gasteiger partial charge is 0.484 e. The maximum absolute atomic E-state index is 12.5. The van der Waals surface area contributed by atoms with Crippen LogP contribution in [0.1, 0.15) is 18.1 Å². The molecule has 1 aliphatic rings. The lowest BCUT2D eigenvalue weighted by atomic mass is 9.89.